The van der Waals surface area contributed by atoms with E-state index in [0.717, 1.165) is 5.56 Å². The molecule has 116 valence electrons. The van der Waals surface area contributed by atoms with Crippen LogP contribution in [0.4, 0.5) is 5.69 Å². The highest BCUT2D eigenvalue weighted by atomic mass is 35.5. The summed E-state index contributed by atoms with van der Waals surface area (Å²) in [6.07, 6.45) is 0.464. The second-order valence-electron chi connectivity index (χ2n) is 4.73. The van der Waals surface area contributed by atoms with E-state index in [2.05, 4.69) is 5.32 Å². The third kappa shape index (κ3) is 4.87. The van der Waals surface area contributed by atoms with Gasteiger partial charge < -0.3 is 16.8 Å². The molecular formula is C16H18ClN3O2. The standard InChI is InChI=1S/C16H17N3O2.ClH/c17-14(10-11-4-2-1-3-5-11)16(21)19-13-8-6-12(7-9-13)15(18)20;/h1-9,14H,10,17H2,(H2,18,20)(H,19,21);1H/t14-;/m0./s1. The molecule has 5 N–H and O–H groups in total. The summed E-state index contributed by atoms with van der Waals surface area (Å²) in [5.41, 5.74) is 13.0. The van der Waals surface area contributed by atoms with E-state index >= 15 is 0 Å². The van der Waals surface area contributed by atoms with Crippen molar-refractivity contribution in [1.29, 1.82) is 0 Å². The zero-order valence-corrected chi connectivity index (χ0v) is 12.7. The van der Waals surface area contributed by atoms with Crippen LogP contribution in [0, 0.1) is 0 Å². The smallest absolute Gasteiger partial charge is 0.248 e. The first kappa shape index (κ1) is 17.7. The van der Waals surface area contributed by atoms with Gasteiger partial charge in [-0.1, -0.05) is 30.3 Å². The first-order valence-electron chi connectivity index (χ1n) is 6.56. The Balaban J connectivity index is 0.00000242. The number of primary amides is 1. The van der Waals surface area contributed by atoms with E-state index in [1.807, 2.05) is 30.3 Å². The third-order valence-corrected chi connectivity index (χ3v) is 3.07. The summed E-state index contributed by atoms with van der Waals surface area (Å²) < 4.78 is 0. The van der Waals surface area contributed by atoms with Crippen molar-refractivity contribution in [3.05, 3.63) is 65.7 Å². The number of rotatable bonds is 5. The van der Waals surface area contributed by atoms with Gasteiger partial charge in [0, 0.05) is 11.3 Å². The van der Waals surface area contributed by atoms with Gasteiger partial charge in [0.25, 0.3) is 0 Å². The van der Waals surface area contributed by atoms with E-state index in [1.165, 1.54) is 0 Å². The molecular weight excluding hydrogens is 302 g/mol. The minimum Gasteiger partial charge on any atom is -0.366 e. The predicted octanol–water partition coefficient (Wildman–Crippen LogP) is 1.72. The van der Waals surface area contributed by atoms with Crippen LogP contribution in [-0.4, -0.2) is 17.9 Å². The van der Waals surface area contributed by atoms with Crippen molar-refractivity contribution in [2.75, 3.05) is 5.32 Å². The van der Waals surface area contributed by atoms with Crippen LogP contribution in [-0.2, 0) is 11.2 Å². The number of halogens is 1. The fourth-order valence-electron chi connectivity index (χ4n) is 1.91. The zero-order valence-electron chi connectivity index (χ0n) is 11.9. The van der Waals surface area contributed by atoms with Gasteiger partial charge in [-0.05, 0) is 36.2 Å². The Morgan fingerprint density at radius 1 is 1.00 bits per heavy atom. The van der Waals surface area contributed by atoms with Gasteiger partial charge in [0.1, 0.15) is 0 Å². The van der Waals surface area contributed by atoms with Crippen LogP contribution < -0.4 is 16.8 Å². The molecule has 2 rings (SSSR count). The van der Waals surface area contributed by atoms with Gasteiger partial charge >= 0.3 is 0 Å². The molecule has 0 spiro atoms. The van der Waals surface area contributed by atoms with Gasteiger partial charge in [-0.3, -0.25) is 9.59 Å². The SMILES string of the molecule is Cl.NC(=O)c1ccc(NC(=O)[C@@H](N)Cc2ccccc2)cc1. The monoisotopic (exact) mass is 319 g/mol. The Hall–Kier alpha value is -2.37. The van der Waals surface area contributed by atoms with E-state index in [1.54, 1.807) is 24.3 Å². The molecule has 0 aromatic heterocycles. The first-order chi connectivity index (χ1) is 10.1. The lowest BCUT2D eigenvalue weighted by Gasteiger charge is -2.12. The van der Waals surface area contributed by atoms with Crippen molar-refractivity contribution in [2.45, 2.75) is 12.5 Å². The molecule has 5 nitrogen and oxygen atoms in total. The van der Waals surface area contributed by atoms with Gasteiger partial charge in [0.2, 0.25) is 11.8 Å². The Labute approximate surface area is 135 Å². The molecule has 0 saturated carbocycles. The van der Waals surface area contributed by atoms with Crippen molar-refractivity contribution in [1.82, 2.24) is 0 Å². The number of carbonyl (C=O) groups excluding carboxylic acids is 2. The van der Waals surface area contributed by atoms with E-state index in [-0.39, 0.29) is 18.3 Å². The first-order valence-corrected chi connectivity index (χ1v) is 6.56. The molecule has 0 aliphatic carbocycles. The minimum absolute atomic E-state index is 0. The molecule has 0 aliphatic heterocycles. The van der Waals surface area contributed by atoms with Gasteiger partial charge in [-0.15, -0.1) is 12.4 Å². The molecule has 2 amide bonds. The number of benzene rings is 2. The van der Waals surface area contributed by atoms with Crippen molar-refractivity contribution >= 4 is 29.9 Å². The van der Waals surface area contributed by atoms with Crippen LogP contribution in [0.15, 0.2) is 54.6 Å². The summed E-state index contributed by atoms with van der Waals surface area (Å²) in [6.45, 7) is 0. The highest BCUT2D eigenvalue weighted by molar-refractivity contribution is 5.96. The summed E-state index contributed by atoms with van der Waals surface area (Å²) in [7, 11) is 0. The van der Waals surface area contributed by atoms with Crippen molar-refractivity contribution < 1.29 is 9.59 Å². The number of nitrogens with one attached hydrogen (secondary N) is 1. The summed E-state index contributed by atoms with van der Waals surface area (Å²) in [5.74, 6) is -0.778. The average molecular weight is 320 g/mol. The maximum Gasteiger partial charge on any atom is 0.248 e. The largest absolute Gasteiger partial charge is 0.366 e. The molecule has 22 heavy (non-hydrogen) atoms. The molecule has 0 aliphatic rings. The van der Waals surface area contributed by atoms with Crippen LogP contribution in [0.3, 0.4) is 0 Å². The Kier molecular flexibility index (Phi) is 6.56. The normalized spacial score (nSPS) is 11.1. The molecule has 0 radical (unpaired) electrons. The minimum atomic E-state index is -0.636. The van der Waals surface area contributed by atoms with Gasteiger partial charge in [-0.25, -0.2) is 0 Å². The van der Waals surface area contributed by atoms with Crippen molar-refractivity contribution in [2.24, 2.45) is 11.5 Å². The molecule has 0 bridgehead atoms. The Morgan fingerprint density at radius 3 is 2.14 bits per heavy atom. The van der Waals surface area contributed by atoms with E-state index < -0.39 is 11.9 Å². The van der Waals surface area contributed by atoms with Gasteiger partial charge in [0.05, 0.1) is 6.04 Å². The summed E-state index contributed by atoms with van der Waals surface area (Å²) in [5, 5.41) is 2.71. The number of hydrogen-bond acceptors (Lipinski definition) is 3. The van der Waals surface area contributed by atoms with Gasteiger partial charge in [-0.2, -0.15) is 0 Å². The zero-order chi connectivity index (χ0) is 15.2. The quantitative estimate of drug-likeness (QED) is 0.782. The maximum absolute atomic E-state index is 12.0. The van der Waals surface area contributed by atoms with E-state index in [9.17, 15) is 9.59 Å². The summed E-state index contributed by atoms with van der Waals surface area (Å²) >= 11 is 0. The lowest BCUT2D eigenvalue weighted by molar-refractivity contribution is -0.117. The lowest BCUT2D eigenvalue weighted by atomic mass is 10.1. The molecule has 0 saturated heterocycles. The average Bonchev–Trinajstić information content (AvgIpc) is 2.48. The summed E-state index contributed by atoms with van der Waals surface area (Å²) in [6, 6.07) is 15.3. The fraction of sp³-hybridized carbons (Fsp3) is 0.125. The van der Waals surface area contributed by atoms with E-state index in [0.29, 0.717) is 17.7 Å². The number of amides is 2. The Morgan fingerprint density at radius 2 is 1.59 bits per heavy atom. The highest BCUT2D eigenvalue weighted by Gasteiger charge is 2.14. The molecule has 2 aromatic rings. The van der Waals surface area contributed by atoms with Gasteiger partial charge in [0.15, 0.2) is 0 Å². The molecule has 2 aromatic carbocycles. The molecule has 0 fully saturated rings. The van der Waals surface area contributed by atoms with Crippen LogP contribution >= 0.6 is 12.4 Å². The fourth-order valence-corrected chi connectivity index (χ4v) is 1.91. The van der Waals surface area contributed by atoms with Crippen molar-refractivity contribution in [3.8, 4) is 0 Å². The highest BCUT2D eigenvalue weighted by Crippen LogP contribution is 2.10. The molecule has 1 atom stereocenters. The number of carbonyl (C=O) groups is 2. The molecule has 0 unspecified atom stereocenters. The lowest BCUT2D eigenvalue weighted by Crippen LogP contribution is -2.37. The topological polar surface area (TPSA) is 98.2 Å². The second-order valence-corrected chi connectivity index (χ2v) is 4.73. The van der Waals surface area contributed by atoms with Crippen LogP contribution in [0.5, 0.6) is 0 Å². The Bertz CT molecular complexity index is 630. The summed E-state index contributed by atoms with van der Waals surface area (Å²) in [4.78, 5) is 23.0. The van der Waals surface area contributed by atoms with Crippen LogP contribution in [0.1, 0.15) is 15.9 Å². The third-order valence-electron chi connectivity index (χ3n) is 3.07. The number of anilines is 1. The van der Waals surface area contributed by atoms with Crippen LogP contribution in [0.25, 0.3) is 0 Å². The number of nitrogens with two attached hydrogens (primary N) is 2. The molecule has 6 heteroatoms. The van der Waals surface area contributed by atoms with Crippen LogP contribution in [0.2, 0.25) is 0 Å². The number of hydrogen-bond donors (Lipinski definition) is 3. The predicted molar refractivity (Wildman–Crippen MR) is 89.0 cm³/mol. The maximum atomic E-state index is 12.0. The van der Waals surface area contributed by atoms with E-state index in [4.69, 9.17) is 11.5 Å². The molecule has 0 heterocycles. The second kappa shape index (κ2) is 8.17. The van der Waals surface area contributed by atoms with Crippen molar-refractivity contribution in [3.63, 3.8) is 0 Å².